The van der Waals surface area contributed by atoms with E-state index in [1.54, 1.807) is 0 Å². The van der Waals surface area contributed by atoms with Crippen molar-refractivity contribution in [3.63, 3.8) is 0 Å². The van der Waals surface area contributed by atoms with Crippen LogP contribution in [0.15, 0.2) is 42.5 Å². The molecule has 2 aromatic rings. The summed E-state index contributed by atoms with van der Waals surface area (Å²) < 4.78 is 0. The lowest BCUT2D eigenvalue weighted by Gasteiger charge is -2.30. The summed E-state index contributed by atoms with van der Waals surface area (Å²) in [6, 6.07) is 13.3. The number of urea groups is 1. The number of anilines is 3. The van der Waals surface area contributed by atoms with Gasteiger partial charge in [0.2, 0.25) is 0 Å². The van der Waals surface area contributed by atoms with Crippen LogP contribution in [0.3, 0.4) is 0 Å². The Kier molecular flexibility index (Phi) is 7.44. The van der Waals surface area contributed by atoms with Gasteiger partial charge in [-0.1, -0.05) is 51.5 Å². The Morgan fingerprint density at radius 3 is 2.16 bits per heavy atom. The zero-order chi connectivity index (χ0) is 23.4. The zero-order valence-corrected chi connectivity index (χ0v) is 19.7. The highest BCUT2D eigenvalue weighted by atomic mass is 16.4. The van der Waals surface area contributed by atoms with Crippen molar-refractivity contribution < 1.29 is 14.7 Å². The largest absolute Gasteiger partial charge is 0.481 e. The lowest BCUT2D eigenvalue weighted by atomic mass is 10.0. The molecule has 0 bridgehead atoms. The minimum absolute atomic E-state index is 0.00547. The van der Waals surface area contributed by atoms with E-state index in [0.717, 1.165) is 35.6 Å². The standard InChI is InChI=1S/C26H35N3O3/c1-16(2)14-29(15-17(3)4)24-11-8-19(21-13-22(21)25(30)31)12-23(24)28-26(32)27-20-9-6-18(5)7-10-20/h6-12,16-17,21-22H,13-15H2,1-5H3,(H,30,31)(H2,27,28,32)/t21-,22-/m1/s1. The fourth-order valence-electron chi connectivity index (χ4n) is 4.07. The second-order valence-electron chi connectivity index (χ2n) is 9.70. The first-order chi connectivity index (χ1) is 15.1. The molecule has 0 heterocycles. The van der Waals surface area contributed by atoms with Crippen molar-refractivity contribution in [1.29, 1.82) is 0 Å². The highest BCUT2D eigenvalue weighted by Gasteiger charge is 2.44. The fourth-order valence-corrected chi connectivity index (χ4v) is 4.07. The third-order valence-electron chi connectivity index (χ3n) is 5.63. The summed E-state index contributed by atoms with van der Waals surface area (Å²) >= 11 is 0. The van der Waals surface area contributed by atoms with Crippen LogP contribution in [0.5, 0.6) is 0 Å². The lowest BCUT2D eigenvalue weighted by Crippen LogP contribution is -2.32. The van der Waals surface area contributed by atoms with Crippen molar-refractivity contribution in [2.75, 3.05) is 28.6 Å². The molecule has 1 fully saturated rings. The molecule has 1 aliphatic carbocycles. The van der Waals surface area contributed by atoms with E-state index in [-0.39, 0.29) is 17.9 Å². The molecule has 2 amide bonds. The SMILES string of the molecule is Cc1ccc(NC(=O)Nc2cc([C@H]3C[C@H]3C(=O)O)ccc2N(CC(C)C)CC(C)C)cc1. The minimum Gasteiger partial charge on any atom is -0.481 e. The van der Waals surface area contributed by atoms with Crippen LogP contribution in [-0.4, -0.2) is 30.2 Å². The van der Waals surface area contributed by atoms with Gasteiger partial charge in [-0.3, -0.25) is 4.79 Å². The summed E-state index contributed by atoms with van der Waals surface area (Å²) in [5, 5.41) is 15.3. The number of rotatable bonds is 9. The van der Waals surface area contributed by atoms with Crippen LogP contribution >= 0.6 is 0 Å². The number of carboxylic acids is 1. The number of hydrogen-bond acceptors (Lipinski definition) is 3. The molecule has 6 heteroatoms. The number of aliphatic carboxylic acids is 1. The van der Waals surface area contributed by atoms with E-state index in [0.29, 0.717) is 23.9 Å². The summed E-state index contributed by atoms with van der Waals surface area (Å²) in [5.41, 5.74) is 4.48. The monoisotopic (exact) mass is 437 g/mol. The predicted molar refractivity (Wildman–Crippen MR) is 131 cm³/mol. The summed E-state index contributed by atoms with van der Waals surface area (Å²) in [4.78, 5) is 26.5. The molecule has 0 radical (unpaired) electrons. The molecule has 2 aromatic carbocycles. The van der Waals surface area contributed by atoms with Gasteiger partial charge in [-0.15, -0.1) is 0 Å². The first-order valence-corrected chi connectivity index (χ1v) is 11.4. The van der Waals surface area contributed by atoms with Crippen LogP contribution in [0, 0.1) is 24.7 Å². The molecule has 32 heavy (non-hydrogen) atoms. The van der Waals surface area contributed by atoms with Crippen molar-refractivity contribution in [3.8, 4) is 0 Å². The van der Waals surface area contributed by atoms with Gasteiger partial charge in [0.15, 0.2) is 0 Å². The minimum atomic E-state index is -0.757. The lowest BCUT2D eigenvalue weighted by molar-refractivity contribution is -0.138. The van der Waals surface area contributed by atoms with Crippen molar-refractivity contribution in [1.82, 2.24) is 0 Å². The predicted octanol–water partition coefficient (Wildman–Crippen LogP) is 5.95. The Morgan fingerprint density at radius 2 is 1.62 bits per heavy atom. The van der Waals surface area contributed by atoms with E-state index in [4.69, 9.17) is 0 Å². The summed E-state index contributed by atoms with van der Waals surface area (Å²) in [6.07, 6.45) is 0.644. The van der Waals surface area contributed by atoms with Crippen LogP contribution in [0.4, 0.5) is 21.9 Å². The van der Waals surface area contributed by atoms with Gasteiger partial charge < -0.3 is 20.6 Å². The number of benzene rings is 2. The molecule has 0 unspecified atom stereocenters. The Balaban J connectivity index is 1.88. The summed E-state index contributed by atoms with van der Waals surface area (Å²) in [5.74, 6) is -0.166. The van der Waals surface area contributed by atoms with Crippen molar-refractivity contribution in [2.24, 2.45) is 17.8 Å². The van der Waals surface area contributed by atoms with E-state index in [1.807, 2.05) is 49.4 Å². The van der Waals surface area contributed by atoms with Gasteiger partial charge in [0, 0.05) is 18.8 Å². The number of carboxylic acid groups (broad SMARTS) is 1. The molecular weight excluding hydrogens is 402 g/mol. The fraction of sp³-hybridized carbons (Fsp3) is 0.462. The summed E-state index contributed by atoms with van der Waals surface area (Å²) in [7, 11) is 0. The van der Waals surface area contributed by atoms with Gasteiger partial charge in [-0.2, -0.15) is 0 Å². The number of nitrogens with zero attached hydrogens (tertiary/aromatic N) is 1. The number of hydrogen-bond donors (Lipinski definition) is 3. The number of amides is 2. The number of carbonyl (C=O) groups excluding carboxylic acids is 1. The van der Waals surface area contributed by atoms with Gasteiger partial charge in [0.05, 0.1) is 17.3 Å². The van der Waals surface area contributed by atoms with Crippen LogP contribution < -0.4 is 15.5 Å². The maximum Gasteiger partial charge on any atom is 0.323 e. The van der Waals surface area contributed by atoms with Gasteiger partial charge in [0.1, 0.15) is 0 Å². The quantitative estimate of drug-likeness (QED) is 0.453. The second-order valence-corrected chi connectivity index (χ2v) is 9.70. The van der Waals surface area contributed by atoms with Gasteiger partial charge in [-0.25, -0.2) is 4.79 Å². The third-order valence-corrected chi connectivity index (χ3v) is 5.63. The first-order valence-electron chi connectivity index (χ1n) is 11.4. The van der Waals surface area contributed by atoms with E-state index in [1.165, 1.54) is 0 Å². The summed E-state index contributed by atoms with van der Waals surface area (Å²) in [6.45, 7) is 12.5. The van der Waals surface area contributed by atoms with Gasteiger partial charge >= 0.3 is 12.0 Å². The molecular formula is C26H35N3O3. The van der Waals surface area contributed by atoms with Crippen LogP contribution in [0.25, 0.3) is 0 Å². The van der Waals surface area contributed by atoms with Crippen molar-refractivity contribution in [2.45, 2.75) is 47.0 Å². The molecule has 0 saturated heterocycles. The molecule has 1 aliphatic rings. The Hall–Kier alpha value is -3.02. The third kappa shape index (κ3) is 6.25. The molecule has 0 aliphatic heterocycles. The second kappa shape index (κ2) is 10.1. The van der Waals surface area contributed by atoms with E-state index >= 15 is 0 Å². The Labute approximate surface area is 191 Å². The number of carbonyl (C=O) groups is 2. The van der Waals surface area contributed by atoms with Gasteiger partial charge in [0.25, 0.3) is 0 Å². The van der Waals surface area contributed by atoms with E-state index in [2.05, 4.69) is 43.2 Å². The highest BCUT2D eigenvalue weighted by Crippen LogP contribution is 2.49. The molecule has 0 aromatic heterocycles. The number of nitrogens with one attached hydrogen (secondary N) is 2. The zero-order valence-electron chi connectivity index (χ0n) is 19.7. The normalized spacial score (nSPS) is 17.3. The Morgan fingerprint density at radius 1 is 1.00 bits per heavy atom. The smallest absolute Gasteiger partial charge is 0.323 e. The van der Waals surface area contributed by atoms with Crippen LogP contribution in [0.1, 0.15) is 51.2 Å². The molecule has 3 rings (SSSR count). The maximum atomic E-state index is 12.8. The maximum absolute atomic E-state index is 12.8. The van der Waals surface area contributed by atoms with Crippen molar-refractivity contribution >= 4 is 29.1 Å². The first kappa shape index (κ1) is 23.6. The van der Waals surface area contributed by atoms with Crippen molar-refractivity contribution in [3.05, 3.63) is 53.6 Å². The number of aryl methyl sites for hydroxylation is 1. The molecule has 1 saturated carbocycles. The molecule has 2 atom stereocenters. The Bertz CT molecular complexity index is 943. The average Bonchev–Trinajstić information content (AvgIpc) is 3.50. The molecule has 3 N–H and O–H groups in total. The highest BCUT2D eigenvalue weighted by molar-refractivity contribution is 6.02. The average molecular weight is 438 g/mol. The van der Waals surface area contributed by atoms with Gasteiger partial charge in [-0.05, 0) is 60.9 Å². The van der Waals surface area contributed by atoms with Crippen LogP contribution in [0.2, 0.25) is 0 Å². The molecule has 0 spiro atoms. The topological polar surface area (TPSA) is 81.7 Å². The molecule has 6 nitrogen and oxygen atoms in total. The van der Waals surface area contributed by atoms with Crippen LogP contribution in [-0.2, 0) is 4.79 Å². The van der Waals surface area contributed by atoms with E-state index in [9.17, 15) is 14.7 Å². The van der Waals surface area contributed by atoms with E-state index < -0.39 is 5.97 Å². The molecule has 172 valence electrons.